The van der Waals surface area contributed by atoms with Crippen molar-refractivity contribution in [2.24, 2.45) is 5.73 Å². The quantitative estimate of drug-likeness (QED) is 0.733. The highest BCUT2D eigenvalue weighted by Crippen LogP contribution is 2.14. The van der Waals surface area contributed by atoms with Gasteiger partial charge in [-0.15, -0.1) is 0 Å². The second-order valence-electron chi connectivity index (χ2n) is 3.70. The van der Waals surface area contributed by atoms with Crippen LogP contribution in [0.3, 0.4) is 0 Å². The second-order valence-corrected chi connectivity index (χ2v) is 3.70. The molecule has 1 heterocycles. The van der Waals surface area contributed by atoms with Crippen LogP contribution < -0.4 is 5.73 Å². The highest BCUT2D eigenvalue weighted by Gasteiger charge is 1.95. The molecule has 2 aromatic rings. The Morgan fingerprint density at radius 2 is 2.12 bits per heavy atom. The maximum Gasteiger partial charge on any atom is 0.0706 e. The number of nitrogens with two attached hydrogens (primary N) is 1. The molecule has 2 N–H and O–H groups in total. The van der Waals surface area contributed by atoms with Gasteiger partial charge >= 0.3 is 0 Å². The smallest absolute Gasteiger partial charge is 0.0706 e. The van der Waals surface area contributed by atoms with E-state index < -0.39 is 0 Å². The molecule has 0 aliphatic heterocycles. The van der Waals surface area contributed by atoms with Gasteiger partial charge in [-0.1, -0.05) is 17.9 Å². The molecule has 0 atom stereocenters. The van der Waals surface area contributed by atoms with Gasteiger partial charge in [0.05, 0.1) is 5.52 Å². The largest absolute Gasteiger partial charge is 0.330 e. The van der Waals surface area contributed by atoms with Crippen molar-refractivity contribution in [2.45, 2.75) is 13.3 Å². The van der Waals surface area contributed by atoms with Crippen molar-refractivity contribution in [3.63, 3.8) is 0 Å². The average Bonchev–Trinajstić information content (AvgIpc) is 2.29. The first-order chi connectivity index (χ1) is 7.79. The van der Waals surface area contributed by atoms with Crippen LogP contribution in [0.15, 0.2) is 30.3 Å². The number of benzene rings is 1. The summed E-state index contributed by atoms with van der Waals surface area (Å²) in [7, 11) is 0. The lowest BCUT2D eigenvalue weighted by atomic mass is 10.1. The van der Waals surface area contributed by atoms with E-state index in [1.165, 1.54) is 0 Å². The van der Waals surface area contributed by atoms with E-state index in [0.29, 0.717) is 6.54 Å². The number of hydrogen-bond acceptors (Lipinski definition) is 2. The molecule has 2 rings (SSSR count). The van der Waals surface area contributed by atoms with E-state index in [4.69, 9.17) is 5.73 Å². The molecule has 2 heteroatoms. The summed E-state index contributed by atoms with van der Waals surface area (Å²) in [6, 6.07) is 10.2. The van der Waals surface area contributed by atoms with Gasteiger partial charge in [0.2, 0.25) is 0 Å². The minimum atomic E-state index is 0.612. The summed E-state index contributed by atoms with van der Waals surface area (Å²) in [5, 5.41) is 1.13. The van der Waals surface area contributed by atoms with E-state index in [2.05, 4.69) is 29.0 Å². The SMILES string of the molecule is Cc1ccc2cc(C#CCCN)ccc2n1. The van der Waals surface area contributed by atoms with E-state index in [9.17, 15) is 0 Å². The van der Waals surface area contributed by atoms with Gasteiger partial charge in [0.15, 0.2) is 0 Å². The lowest BCUT2D eigenvalue weighted by Gasteiger charge is -1.99. The Hall–Kier alpha value is -1.85. The second kappa shape index (κ2) is 4.78. The molecule has 2 nitrogen and oxygen atoms in total. The van der Waals surface area contributed by atoms with E-state index in [0.717, 1.165) is 28.6 Å². The van der Waals surface area contributed by atoms with Crippen LogP contribution in [0.4, 0.5) is 0 Å². The van der Waals surface area contributed by atoms with Gasteiger partial charge in [0, 0.05) is 29.6 Å². The van der Waals surface area contributed by atoms with Crippen molar-refractivity contribution in [3.8, 4) is 11.8 Å². The predicted octanol–water partition coefficient (Wildman–Crippen LogP) is 2.24. The van der Waals surface area contributed by atoms with Gasteiger partial charge in [-0.05, 0) is 31.2 Å². The lowest BCUT2D eigenvalue weighted by Crippen LogP contribution is -1.95. The average molecular weight is 210 g/mol. The van der Waals surface area contributed by atoms with Gasteiger partial charge in [-0.2, -0.15) is 0 Å². The molecule has 0 aliphatic carbocycles. The third kappa shape index (κ3) is 2.39. The van der Waals surface area contributed by atoms with Gasteiger partial charge in [-0.25, -0.2) is 0 Å². The number of pyridine rings is 1. The molecule has 16 heavy (non-hydrogen) atoms. The van der Waals surface area contributed by atoms with Crippen molar-refractivity contribution < 1.29 is 0 Å². The van der Waals surface area contributed by atoms with Crippen LogP contribution in [0.5, 0.6) is 0 Å². The van der Waals surface area contributed by atoms with Crippen molar-refractivity contribution >= 4 is 10.9 Å². The third-order valence-corrected chi connectivity index (χ3v) is 2.33. The molecule has 1 aromatic carbocycles. The Bertz CT molecular complexity index is 562. The van der Waals surface area contributed by atoms with Gasteiger partial charge in [-0.3, -0.25) is 4.98 Å². The Morgan fingerprint density at radius 1 is 1.25 bits per heavy atom. The van der Waals surface area contributed by atoms with Gasteiger partial charge in [0.1, 0.15) is 0 Å². The summed E-state index contributed by atoms with van der Waals surface area (Å²) >= 11 is 0. The van der Waals surface area contributed by atoms with Crippen LogP contribution in [0.1, 0.15) is 17.7 Å². The molecule has 0 fully saturated rings. The summed E-state index contributed by atoms with van der Waals surface area (Å²) in [4.78, 5) is 4.45. The number of nitrogens with zero attached hydrogens (tertiary/aromatic N) is 1. The highest BCUT2D eigenvalue weighted by molar-refractivity contribution is 5.80. The van der Waals surface area contributed by atoms with Crippen molar-refractivity contribution in [1.29, 1.82) is 0 Å². The number of rotatable bonds is 1. The minimum absolute atomic E-state index is 0.612. The highest BCUT2D eigenvalue weighted by atomic mass is 14.7. The first-order valence-corrected chi connectivity index (χ1v) is 5.36. The zero-order valence-electron chi connectivity index (χ0n) is 9.33. The molecular formula is C14H14N2. The Kier molecular flexibility index (Phi) is 3.19. The Morgan fingerprint density at radius 3 is 2.94 bits per heavy atom. The summed E-state index contributed by atoms with van der Waals surface area (Å²) < 4.78 is 0. The van der Waals surface area contributed by atoms with Crippen molar-refractivity contribution in [1.82, 2.24) is 4.98 Å². The first-order valence-electron chi connectivity index (χ1n) is 5.36. The third-order valence-electron chi connectivity index (χ3n) is 2.33. The first kappa shape index (κ1) is 10.7. The molecule has 1 aromatic heterocycles. The van der Waals surface area contributed by atoms with Crippen molar-refractivity contribution in [2.75, 3.05) is 6.54 Å². The fourth-order valence-corrected chi connectivity index (χ4v) is 1.54. The van der Waals surface area contributed by atoms with E-state index in [1.807, 2.05) is 25.1 Å². The van der Waals surface area contributed by atoms with E-state index in [-0.39, 0.29) is 0 Å². The monoisotopic (exact) mass is 210 g/mol. The summed E-state index contributed by atoms with van der Waals surface area (Å²) in [5.74, 6) is 6.13. The lowest BCUT2D eigenvalue weighted by molar-refractivity contribution is 1.03. The van der Waals surface area contributed by atoms with Crippen LogP contribution in [-0.4, -0.2) is 11.5 Å². The van der Waals surface area contributed by atoms with Crippen LogP contribution >= 0.6 is 0 Å². The van der Waals surface area contributed by atoms with Crippen LogP contribution in [0.2, 0.25) is 0 Å². The Balaban J connectivity index is 2.38. The number of hydrogen-bond donors (Lipinski definition) is 1. The standard InChI is InChI=1S/C14H14N2/c1-11-5-7-13-10-12(4-2-3-9-15)6-8-14(13)16-11/h5-8,10H,3,9,15H2,1H3. The number of fused-ring (bicyclic) bond motifs is 1. The maximum absolute atomic E-state index is 5.39. The maximum atomic E-state index is 5.39. The Labute approximate surface area is 95.5 Å². The zero-order chi connectivity index (χ0) is 11.4. The van der Waals surface area contributed by atoms with E-state index in [1.54, 1.807) is 0 Å². The summed E-state index contributed by atoms with van der Waals surface area (Å²) in [5.41, 5.74) is 8.46. The zero-order valence-corrected chi connectivity index (χ0v) is 9.33. The molecule has 0 radical (unpaired) electrons. The van der Waals surface area contributed by atoms with Crippen molar-refractivity contribution in [3.05, 3.63) is 41.6 Å². The molecule has 0 unspecified atom stereocenters. The normalized spacial score (nSPS) is 9.88. The molecule has 0 spiro atoms. The summed E-state index contributed by atoms with van der Waals surface area (Å²) in [6.45, 7) is 2.61. The molecule has 0 saturated heterocycles. The van der Waals surface area contributed by atoms with Crippen LogP contribution in [0, 0.1) is 18.8 Å². The minimum Gasteiger partial charge on any atom is -0.330 e. The van der Waals surface area contributed by atoms with Crippen LogP contribution in [0.25, 0.3) is 10.9 Å². The molecular weight excluding hydrogens is 196 g/mol. The van der Waals surface area contributed by atoms with Gasteiger partial charge in [0.25, 0.3) is 0 Å². The molecule has 80 valence electrons. The number of aryl methyl sites for hydroxylation is 1. The topological polar surface area (TPSA) is 38.9 Å². The molecule has 0 amide bonds. The fraction of sp³-hybridized carbons (Fsp3) is 0.214. The fourth-order valence-electron chi connectivity index (χ4n) is 1.54. The molecule has 0 bridgehead atoms. The number of aromatic nitrogens is 1. The van der Waals surface area contributed by atoms with Crippen LogP contribution in [-0.2, 0) is 0 Å². The molecule has 0 aliphatic rings. The molecule has 0 saturated carbocycles. The van der Waals surface area contributed by atoms with E-state index >= 15 is 0 Å². The summed E-state index contributed by atoms with van der Waals surface area (Å²) in [6.07, 6.45) is 0.740. The van der Waals surface area contributed by atoms with Gasteiger partial charge < -0.3 is 5.73 Å². The predicted molar refractivity (Wildman–Crippen MR) is 67.0 cm³/mol.